The summed E-state index contributed by atoms with van der Waals surface area (Å²) in [7, 11) is 1.89. The van der Waals surface area contributed by atoms with E-state index in [4.69, 9.17) is 0 Å². The Kier molecular flexibility index (Phi) is 3.61. The van der Waals surface area contributed by atoms with Crippen LogP contribution in [0.4, 0.5) is 0 Å². The lowest BCUT2D eigenvalue weighted by Crippen LogP contribution is -2.08. The molecule has 1 N–H and O–H groups in total. The molecule has 2 aromatic heterocycles. The zero-order chi connectivity index (χ0) is 14.1. The smallest absolute Gasteiger partial charge is 0.0879 e. The van der Waals surface area contributed by atoms with Crippen LogP contribution < -0.4 is 0 Å². The second-order valence-corrected chi connectivity index (χ2v) is 5.75. The summed E-state index contributed by atoms with van der Waals surface area (Å²) in [6.07, 6.45) is 8.87. The third kappa shape index (κ3) is 2.50. The SMILES string of the molecule is Cc1c(C(O)Cc2ccn(C3CCCC3)n2)cnn1C. The summed E-state index contributed by atoms with van der Waals surface area (Å²) >= 11 is 0. The van der Waals surface area contributed by atoms with Gasteiger partial charge in [-0.2, -0.15) is 10.2 Å². The summed E-state index contributed by atoms with van der Waals surface area (Å²) < 4.78 is 3.86. The molecule has 5 nitrogen and oxygen atoms in total. The third-order valence-electron chi connectivity index (χ3n) is 4.40. The highest BCUT2D eigenvalue weighted by molar-refractivity contribution is 5.20. The molecule has 0 radical (unpaired) electrons. The number of hydrogen-bond acceptors (Lipinski definition) is 3. The summed E-state index contributed by atoms with van der Waals surface area (Å²) in [4.78, 5) is 0. The quantitative estimate of drug-likeness (QED) is 0.931. The summed E-state index contributed by atoms with van der Waals surface area (Å²) in [6, 6.07) is 2.58. The maximum Gasteiger partial charge on any atom is 0.0879 e. The van der Waals surface area contributed by atoms with Gasteiger partial charge in [0.2, 0.25) is 0 Å². The van der Waals surface area contributed by atoms with Crippen molar-refractivity contribution in [2.75, 3.05) is 0 Å². The fourth-order valence-electron chi connectivity index (χ4n) is 3.01. The van der Waals surface area contributed by atoms with Crippen LogP contribution in [0.1, 0.15) is 54.8 Å². The largest absolute Gasteiger partial charge is 0.388 e. The molecule has 1 aliphatic rings. The van der Waals surface area contributed by atoms with Gasteiger partial charge in [0.15, 0.2) is 0 Å². The van der Waals surface area contributed by atoms with E-state index in [2.05, 4.69) is 14.9 Å². The molecule has 0 aromatic carbocycles. The van der Waals surface area contributed by atoms with Crippen LogP contribution in [-0.2, 0) is 13.5 Å². The molecule has 1 fully saturated rings. The number of aryl methyl sites for hydroxylation is 1. The van der Waals surface area contributed by atoms with E-state index in [9.17, 15) is 5.11 Å². The molecule has 2 heterocycles. The van der Waals surface area contributed by atoms with Crippen LogP contribution in [0.3, 0.4) is 0 Å². The molecule has 108 valence electrons. The Bertz CT molecular complexity index is 580. The highest BCUT2D eigenvalue weighted by Gasteiger charge is 2.19. The first-order valence-corrected chi connectivity index (χ1v) is 7.35. The lowest BCUT2D eigenvalue weighted by molar-refractivity contribution is 0.176. The highest BCUT2D eigenvalue weighted by atomic mass is 16.3. The van der Waals surface area contributed by atoms with Gasteiger partial charge in [-0.3, -0.25) is 9.36 Å². The predicted octanol–water partition coefficient (Wildman–Crippen LogP) is 2.32. The standard InChI is InChI=1S/C15H22N4O/c1-11-14(10-16-18(11)2)15(20)9-12-7-8-19(17-12)13-5-3-4-6-13/h7-8,10,13,15,20H,3-6,9H2,1-2H3. The molecular formula is C15H22N4O. The summed E-state index contributed by atoms with van der Waals surface area (Å²) in [6.45, 7) is 1.97. The van der Waals surface area contributed by atoms with E-state index in [0.29, 0.717) is 12.5 Å². The minimum absolute atomic E-state index is 0.532. The van der Waals surface area contributed by atoms with E-state index < -0.39 is 6.10 Å². The molecule has 0 aliphatic heterocycles. The van der Waals surface area contributed by atoms with Crippen LogP contribution in [0, 0.1) is 6.92 Å². The van der Waals surface area contributed by atoms with Crippen molar-refractivity contribution in [2.45, 2.75) is 51.2 Å². The van der Waals surface area contributed by atoms with E-state index in [-0.39, 0.29) is 0 Å². The molecule has 20 heavy (non-hydrogen) atoms. The number of aromatic nitrogens is 4. The van der Waals surface area contributed by atoms with Crippen molar-refractivity contribution in [3.8, 4) is 0 Å². The second-order valence-electron chi connectivity index (χ2n) is 5.75. The van der Waals surface area contributed by atoms with Crippen molar-refractivity contribution < 1.29 is 5.11 Å². The van der Waals surface area contributed by atoms with E-state index in [1.807, 2.05) is 26.2 Å². The van der Waals surface area contributed by atoms with Crippen molar-refractivity contribution in [1.82, 2.24) is 19.6 Å². The van der Waals surface area contributed by atoms with Crippen molar-refractivity contribution in [3.05, 3.63) is 35.4 Å². The molecular weight excluding hydrogens is 252 g/mol. The van der Waals surface area contributed by atoms with Gasteiger partial charge in [0.05, 0.1) is 24.0 Å². The van der Waals surface area contributed by atoms with Gasteiger partial charge in [-0.1, -0.05) is 12.8 Å². The monoisotopic (exact) mass is 274 g/mol. The van der Waals surface area contributed by atoms with Crippen LogP contribution in [-0.4, -0.2) is 24.7 Å². The molecule has 2 aromatic rings. The fraction of sp³-hybridized carbons (Fsp3) is 0.600. The van der Waals surface area contributed by atoms with Crippen LogP contribution in [0.5, 0.6) is 0 Å². The van der Waals surface area contributed by atoms with Gasteiger partial charge in [-0.25, -0.2) is 0 Å². The van der Waals surface area contributed by atoms with E-state index in [1.54, 1.807) is 10.9 Å². The van der Waals surface area contributed by atoms with Crippen LogP contribution in [0.25, 0.3) is 0 Å². The van der Waals surface area contributed by atoms with Gasteiger partial charge < -0.3 is 5.11 Å². The Labute approximate surface area is 119 Å². The summed E-state index contributed by atoms with van der Waals surface area (Å²) in [5.74, 6) is 0. The lowest BCUT2D eigenvalue weighted by atomic mass is 10.1. The number of aliphatic hydroxyl groups is 1. The van der Waals surface area contributed by atoms with Crippen molar-refractivity contribution >= 4 is 0 Å². The van der Waals surface area contributed by atoms with Gasteiger partial charge in [0, 0.05) is 30.9 Å². The maximum absolute atomic E-state index is 10.3. The first kappa shape index (κ1) is 13.4. The topological polar surface area (TPSA) is 55.9 Å². The summed E-state index contributed by atoms with van der Waals surface area (Å²) in [5.41, 5.74) is 2.85. The highest BCUT2D eigenvalue weighted by Crippen LogP contribution is 2.29. The van der Waals surface area contributed by atoms with Crippen molar-refractivity contribution in [2.24, 2.45) is 7.05 Å². The van der Waals surface area contributed by atoms with Gasteiger partial charge in [-0.05, 0) is 25.8 Å². The average molecular weight is 274 g/mol. The van der Waals surface area contributed by atoms with E-state index in [1.165, 1.54) is 25.7 Å². The first-order valence-electron chi connectivity index (χ1n) is 7.35. The minimum Gasteiger partial charge on any atom is -0.388 e. The number of rotatable bonds is 4. The van der Waals surface area contributed by atoms with Gasteiger partial charge in [0.25, 0.3) is 0 Å². The van der Waals surface area contributed by atoms with Gasteiger partial charge >= 0.3 is 0 Å². The number of aliphatic hydroxyl groups excluding tert-OH is 1. The molecule has 1 saturated carbocycles. The van der Waals surface area contributed by atoms with Gasteiger partial charge in [0.1, 0.15) is 0 Å². The Morgan fingerprint density at radius 1 is 1.40 bits per heavy atom. The third-order valence-corrected chi connectivity index (χ3v) is 4.40. The molecule has 5 heteroatoms. The number of hydrogen-bond donors (Lipinski definition) is 1. The molecule has 1 atom stereocenters. The fourth-order valence-corrected chi connectivity index (χ4v) is 3.01. The van der Waals surface area contributed by atoms with Crippen LogP contribution >= 0.6 is 0 Å². The van der Waals surface area contributed by atoms with Crippen LogP contribution in [0.15, 0.2) is 18.5 Å². The van der Waals surface area contributed by atoms with Crippen molar-refractivity contribution in [1.29, 1.82) is 0 Å². The van der Waals surface area contributed by atoms with Crippen molar-refractivity contribution in [3.63, 3.8) is 0 Å². The molecule has 0 amide bonds. The molecule has 1 aliphatic carbocycles. The molecule has 0 spiro atoms. The molecule has 3 rings (SSSR count). The van der Waals surface area contributed by atoms with E-state index in [0.717, 1.165) is 17.0 Å². The Morgan fingerprint density at radius 2 is 2.15 bits per heavy atom. The Balaban J connectivity index is 1.69. The van der Waals surface area contributed by atoms with E-state index >= 15 is 0 Å². The lowest BCUT2D eigenvalue weighted by Gasteiger charge is -2.10. The maximum atomic E-state index is 10.3. The Morgan fingerprint density at radius 3 is 2.80 bits per heavy atom. The summed E-state index contributed by atoms with van der Waals surface area (Å²) in [5, 5.41) is 19.1. The molecule has 0 bridgehead atoms. The molecule has 0 saturated heterocycles. The zero-order valence-electron chi connectivity index (χ0n) is 12.2. The normalized spacial score (nSPS) is 17.8. The van der Waals surface area contributed by atoms with Gasteiger partial charge in [-0.15, -0.1) is 0 Å². The Hall–Kier alpha value is -1.62. The predicted molar refractivity (Wildman–Crippen MR) is 76.3 cm³/mol. The minimum atomic E-state index is -0.532. The number of nitrogens with zero attached hydrogens (tertiary/aromatic N) is 4. The molecule has 1 unspecified atom stereocenters. The second kappa shape index (κ2) is 5.40. The van der Waals surface area contributed by atoms with Crippen LogP contribution in [0.2, 0.25) is 0 Å². The first-order chi connectivity index (χ1) is 9.65. The zero-order valence-corrected chi connectivity index (χ0v) is 12.2. The average Bonchev–Trinajstić information content (AvgIpc) is 3.12.